The van der Waals surface area contributed by atoms with Gasteiger partial charge in [-0.05, 0) is 0 Å². The molecule has 1 aliphatic rings. The summed E-state index contributed by atoms with van der Waals surface area (Å²) in [7, 11) is 3.43. The summed E-state index contributed by atoms with van der Waals surface area (Å²) in [6, 6.07) is -0.521. The van der Waals surface area contributed by atoms with Gasteiger partial charge in [0, 0.05) is 45.7 Å². The molecule has 1 saturated heterocycles. The fraction of sp³-hybridized carbons (Fsp3) is 0.615. The highest BCUT2D eigenvalue weighted by Crippen LogP contribution is 2.15. The van der Waals surface area contributed by atoms with Gasteiger partial charge in [-0.1, -0.05) is 0 Å². The molecule has 116 valence electrons. The monoisotopic (exact) mass is 312 g/mol. The van der Waals surface area contributed by atoms with Crippen LogP contribution in [-0.4, -0.2) is 71.5 Å². The van der Waals surface area contributed by atoms with Gasteiger partial charge in [-0.15, -0.1) is 11.3 Å². The summed E-state index contributed by atoms with van der Waals surface area (Å²) in [6.07, 6.45) is 0.293. The predicted molar refractivity (Wildman–Crippen MR) is 79.2 cm³/mol. The predicted octanol–water partition coefficient (Wildman–Crippen LogP) is -0.368. The number of carbonyl (C=O) groups excluding carboxylic acids is 1. The Morgan fingerprint density at radius 2 is 2.33 bits per heavy atom. The van der Waals surface area contributed by atoms with Crippen LogP contribution in [0.4, 0.5) is 0 Å². The average molecular weight is 312 g/mol. The van der Waals surface area contributed by atoms with Crippen LogP contribution in [0, 0.1) is 0 Å². The molecule has 1 aromatic heterocycles. The smallest absolute Gasteiger partial charge is 0.322 e. The molecule has 0 saturated carbocycles. The molecule has 0 aromatic carbocycles. The summed E-state index contributed by atoms with van der Waals surface area (Å²) in [5.74, 6) is -0.804. The first-order valence-corrected chi connectivity index (χ1v) is 7.66. The van der Waals surface area contributed by atoms with Crippen molar-refractivity contribution in [2.75, 3.05) is 33.7 Å². The number of hydrogen-bond acceptors (Lipinski definition) is 6. The summed E-state index contributed by atoms with van der Waals surface area (Å²) >= 11 is 1.45. The van der Waals surface area contributed by atoms with Gasteiger partial charge in [-0.2, -0.15) is 0 Å². The van der Waals surface area contributed by atoms with E-state index in [1.165, 1.54) is 16.2 Å². The van der Waals surface area contributed by atoms with Crippen LogP contribution >= 0.6 is 11.3 Å². The number of nitrogens with one attached hydrogen (secondary N) is 1. The average Bonchev–Trinajstić information content (AvgIpc) is 2.86. The third kappa shape index (κ3) is 4.23. The van der Waals surface area contributed by atoms with Crippen LogP contribution in [0.5, 0.6) is 0 Å². The van der Waals surface area contributed by atoms with E-state index in [0.29, 0.717) is 26.1 Å². The highest BCUT2D eigenvalue weighted by atomic mass is 32.1. The summed E-state index contributed by atoms with van der Waals surface area (Å²) in [5.41, 5.74) is 0.828. The Morgan fingerprint density at radius 1 is 1.57 bits per heavy atom. The highest BCUT2D eigenvalue weighted by Gasteiger charge is 2.28. The maximum atomic E-state index is 11.6. The minimum Gasteiger partial charge on any atom is -0.480 e. The highest BCUT2D eigenvalue weighted by molar-refractivity contribution is 7.09. The molecule has 1 amide bonds. The number of piperazine rings is 1. The summed E-state index contributed by atoms with van der Waals surface area (Å²) < 4.78 is 0. The van der Waals surface area contributed by atoms with Gasteiger partial charge < -0.3 is 15.3 Å². The van der Waals surface area contributed by atoms with E-state index in [-0.39, 0.29) is 5.91 Å². The van der Waals surface area contributed by atoms with E-state index >= 15 is 0 Å². The topological polar surface area (TPSA) is 85.8 Å². The van der Waals surface area contributed by atoms with Crippen molar-refractivity contribution in [2.24, 2.45) is 0 Å². The van der Waals surface area contributed by atoms with Gasteiger partial charge in [0.15, 0.2) is 0 Å². The fourth-order valence-electron chi connectivity index (χ4n) is 2.18. The van der Waals surface area contributed by atoms with Crippen molar-refractivity contribution in [1.82, 2.24) is 20.1 Å². The van der Waals surface area contributed by atoms with Crippen molar-refractivity contribution < 1.29 is 14.7 Å². The Labute approximate surface area is 127 Å². The number of nitrogens with zero attached hydrogens (tertiary/aromatic N) is 3. The molecular weight excluding hydrogens is 292 g/mol. The van der Waals surface area contributed by atoms with Crippen molar-refractivity contribution in [2.45, 2.75) is 19.0 Å². The number of carboxylic acid groups (broad SMARTS) is 1. The van der Waals surface area contributed by atoms with Gasteiger partial charge >= 0.3 is 5.97 Å². The van der Waals surface area contributed by atoms with E-state index in [0.717, 1.165) is 17.2 Å². The molecule has 2 rings (SSSR count). The second-order valence-electron chi connectivity index (χ2n) is 5.23. The number of rotatable bonds is 5. The zero-order valence-corrected chi connectivity index (χ0v) is 13.0. The third-order valence-electron chi connectivity index (χ3n) is 3.40. The number of carbonyl (C=O) groups is 2. The molecule has 0 spiro atoms. The number of amides is 1. The Morgan fingerprint density at radius 3 is 3.00 bits per heavy atom. The SMILES string of the molecule is CN(C)C(=O)Cc1nc(CN2CCNCC2C(=O)O)cs1. The first kappa shape index (κ1) is 15.9. The van der Waals surface area contributed by atoms with Crippen LogP contribution in [0.25, 0.3) is 0 Å². The molecule has 21 heavy (non-hydrogen) atoms. The molecule has 1 aliphatic heterocycles. The quantitative estimate of drug-likeness (QED) is 0.772. The molecule has 0 bridgehead atoms. The Bertz CT molecular complexity index is 517. The molecular formula is C13H20N4O3S. The largest absolute Gasteiger partial charge is 0.480 e. The molecule has 2 heterocycles. The summed E-state index contributed by atoms with van der Waals surface area (Å²) in [6.45, 7) is 2.41. The van der Waals surface area contributed by atoms with E-state index in [9.17, 15) is 14.7 Å². The normalized spacial score (nSPS) is 19.4. The second-order valence-corrected chi connectivity index (χ2v) is 6.17. The van der Waals surface area contributed by atoms with Gasteiger partial charge in [0.05, 0.1) is 12.1 Å². The van der Waals surface area contributed by atoms with Crippen LogP contribution < -0.4 is 5.32 Å². The molecule has 7 nitrogen and oxygen atoms in total. The summed E-state index contributed by atoms with van der Waals surface area (Å²) in [5, 5.41) is 15.0. The standard InChI is InChI=1S/C13H20N4O3S/c1-16(2)12(18)5-11-15-9(8-21-11)7-17-4-3-14-6-10(17)13(19)20/h8,10,14H,3-7H2,1-2H3,(H,19,20). The van der Waals surface area contributed by atoms with Crippen molar-refractivity contribution >= 4 is 23.2 Å². The third-order valence-corrected chi connectivity index (χ3v) is 4.30. The van der Waals surface area contributed by atoms with E-state index in [2.05, 4.69) is 10.3 Å². The lowest BCUT2D eigenvalue weighted by Gasteiger charge is -2.32. The molecule has 1 fully saturated rings. The minimum atomic E-state index is -0.819. The van der Waals surface area contributed by atoms with Crippen LogP contribution in [-0.2, 0) is 22.6 Å². The minimum absolute atomic E-state index is 0.0153. The molecule has 2 N–H and O–H groups in total. The summed E-state index contributed by atoms with van der Waals surface area (Å²) in [4.78, 5) is 30.8. The zero-order chi connectivity index (χ0) is 15.4. The fourth-order valence-corrected chi connectivity index (χ4v) is 2.95. The van der Waals surface area contributed by atoms with Crippen molar-refractivity contribution in [3.63, 3.8) is 0 Å². The molecule has 0 aliphatic carbocycles. The molecule has 1 atom stereocenters. The maximum absolute atomic E-state index is 11.6. The number of hydrogen-bond donors (Lipinski definition) is 2. The van der Waals surface area contributed by atoms with E-state index in [1.807, 2.05) is 10.3 Å². The number of likely N-dealkylation sites (N-methyl/N-ethyl adjacent to an activating group) is 1. The number of aromatic nitrogens is 1. The number of aliphatic carboxylic acids is 1. The first-order chi connectivity index (χ1) is 9.97. The number of thiazole rings is 1. The van der Waals surface area contributed by atoms with Crippen LogP contribution in [0.15, 0.2) is 5.38 Å². The zero-order valence-electron chi connectivity index (χ0n) is 12.2. The van der Waals surface area contributed by atoms with Crippen LogP contribution in [0.2, 0.25) is 0 Å². The molecule has 0 radical (unpaired) electrons. The van der Waals surface area contributed by atoms with E-state index < -0.39 is 12.0 Å². The lowest BCUT2D eigenvalue weighted by atomic mass is 10.2. The Balaban J connectivity index is 1.98. The van der Waals surface area contributed by atoms with Crippen molar-refractivity contribution in [1.29, 1.82) is 0 Å². The lowest BCUT2D eigenvalue weighted by Crippen LogP contribution is -2.54. The Hall–Kier alpha value is -1.51. The molecule has 1 unspecified atom stereocenters. The van der Waals surface area contributed by atoms with Gasteiger partial charge in [0.2, 0.25) is 5.91 Å². The van der Waals surface area contributed by atoms with Crippen LogP contribution in [0.3, 0.4) is 0 Å². The lowest BCUT2D eigenvalue weighted by molar-refractivity contribution is -0.144. The van der Waals surface area contributed by atoms with Gasteiger partial charge in [-0.3, -0.25) is 14.5 Å². The van der Waals surface area contributed by atoms with Crippen molar-refractivity contribution in [3.05, 3.63) is 16.1 Å². The maximum Gasteiger partial charge on any atom is 0.322 e. The first-order valence-electron chi connectivity index (χ1n) is 6.78. The van der Waals surface area contributed by atoms with Crippen molar-refractivity contribution in [3.8, 4) is 0 Å². The molecule has 1 aromatic rings. The van der Waals surface area contributed by atoms with Gasteiger partial charge in [0.25, 0.3) is 0 Å². The molecule has 8 heteroatoms. The van der Waals surface area contributed by atoms with Gasteiger partial charge in [0.1, 0.15) is 11.0 Å². The van der Waals surface area contributed by atoms with E-state index in [1.54, 1.807) is 14.1 Å². The van der Waals surface area contributed by atoms with Crippen LogP contribution in [0.1, 0.15) is 10.7 Å². The number of carboxylic acids is 1. The van der Waals surface area contributed by atoms with Gasteiger partial charge in [-0.25, -0.2) is 4.98 Å². The Kier molecular flexibility index (Phi) is 5.27. The second kappa shape index (κ2) is 6.97. The van der Waals surface area contributed by atoms with E-state index in [4.69, 9.17) is 0 Å².